The number of carbonyl (C=O) groups is 3. The Morgan fingerprint density at radius 2 is 1.53 bits per heavy atom. The third-order valence-corrected chi connectivity index (χ3v) is 7.63. The predicted molar refractivity (Wildman–Crippen MR) is 134 cm³/mol. The van der Waals surface area contributed by atoms with Gasteiger partial charge < -0.3 is 20.4 Å². The van der Waals surface area contributed by atoms with Crippen LogP contribution in [0.4, 0.5) is 4.79 Å². The van der Waals surface area contributed by atoms with Gasteiger partial charge >= 0.3 is 11.9 Å². The number of piperidine rings is 1. The number of likely N-dealkylation sites (tertiary alicyclic amines) is 1. The molecular formula is C27H33N4O5+. The molecule has 1 fully saturated rings. The second kappa shape index (κ2) is 9.64. The molecule has 1 saturated heterocycles. The van der Waals surface area contributed by atoms with Gasteiger partial charge in [0, 0.05) is 25.0 Å². The lowest BCUT2D eigenvalue weighted by molar-refractivity contribution is -0.475. The van der Waals surface area contributed by atoms with Gasteiger partial charge in [0.15, 0.2) is 17.7 Å². The highest BCUT2D eigenvalue weighted by Gasteiger charge is 2.61. The van der Waals surface area contributed by atoms with Gasteiger partial charge in [0.25, 0.3) is 5.84 Å². The summed E-state index contributed by atoms with van der Waals surface area (Å²) in [5.74, 6) is 0.533. The average Bonchev–Trinajstić information content (AvgIpc) is 2.87. The zero-order valence-corrected chi connectivity index (χ0v) is 20.7. The molecule has 5 N–H and O–H groups in total. The van der Waals surface area contributed by atoms with Crippen LogP contribution in [0.2, 0.25) is 0 Å². The SMILES string of the molecule is CC(=O)C[N+]1=C(N)C2(CCN(C(=O)NCCC(C)(c3ccc(O)cc3)c3ccc(O)cc3)CC2)C1=O. The lowest BCUT2D eigenvalue weighted by Gasteiger charge is -2.42. The molecule has 0 saturated carbocycles. The van der Waals surface area contributed by atoms with Gasteiger partial charge in [-0.05, 0) is 61.6 Å². The Labute approximate surface area is 210 Å². The van der Waals surface area contributed by atoms with Gasteiger partial charge in [-0.2, -0.15) is 4.58 Å². The van der Waals surface area contributed by atoms with Crippen LogP contribution in [0.1, 0.15) is 44.2 Å². The van der Waals surface area contributed by atoms with E-state index in [4.69, 9.17) is 5.73 Å². The molecule has 2 aliphatic rings. The number of amidine groups is 1. The van der Waals surface area contributed by atoms with E-state index in [0.717, 1.165) is 11.1 Å². The van der Waals surface area contributed by atoms with Gasteiger partial charge in [-0.25, -0.2) is 9.59 Å². The Kier molecular flexibility index (Phi) is 6.75. The fraction of sp³-hybridized carbons (Fsp3) is 0.407. The van der Waals surface area contributed by atoms with E-state index < -0.39 is 10.8 Å². The number of nitrogens with one attached hydrogen (secondary N) is 1. The van der Waals surface area contributed by atoms with Crippen molar-refractivity contribution >= 4 is 23.6 Å². The number of nitrogens with two attached hydrogens (primary N) is 1. The summed E-state index contributed by atoms with van der Waals surface area (Å²) in [4.78, 5) is 38.7. The molecule has 3 amide bonds. The number of phenols is 2. The molecule has 190 valence electrons. The number of benzene rings is 2. The monoisotopic (exact) mass is 493 g/mol. The zero-order chi connectivity index (χ0) is 26.1. The average molecular weight is 494 g/mol. The number of phenolic OH excluding ortho intramolecular Hbond substituents is 2. The molecule has 36 heavy (non-hydrogen) atoms. The number of Topliss-reactive ketones (excluding diaryl/α,β-unsaturated/α-hetero) is 1. The van der Waals surface area contributed by atoms with Crippen molar-refractivity contribution in [3.05, 3.63) is 59.7 Å². The summed E-state index contributed by atoms with van der Waals surface area (Å²) >= 11 is 0. The number of carbonyl (C=O) groups excluding carboxylic acids is 3. The molecule has 2 heterocycles. The number of amides is 3. The molecule has 0 aromatic heterocycles. The fourth-order valence-electron chi connectivity index (χ4n) is 5.27. The number of rotatable bonds is 7. The molecule has 0 bridgehead atoms. The lowest BCUT2D eigenvalue weighted by atomic mass is 9.71. The Morgan fingerprint density at radius 3 is 1.97 bits per heavy atom. The number of hydrogen-bond acceptors (Lipinski definition) is 6. The maximum absolute atomic E-state index is 12.9. The molecule has 4 rings (SSSR count). The zero-order valence-electron chi connectivity index (χ0n) is 20.7. The first-order chi connectivity index (χ1) is 17.1. The van der Waals surface area contributed by atoms with Crippen LogP contribution in [-0.4, -0.2) is 69.4 Å². The minimum absolute atomic E-state index is 0.00253. The Morgan fingerprint density at radius 1 is 1.03 bits per heavy atom. The van der Waals surface area contributed by atoms with E-state index in [1.807, 2.05) is 24.3 Å². The summed E-state index contributed by atoms with van der Waals surface area (Å²) < 4.78 is 1.34. The van der Waals surface area contributed by atoms with E-state index in [2.05, 4.69) is 12.2 Å². The van der Waals surface area contributed by atoms with E-state index in [-0.39, 0.29) is 35.8 Å². The maximum Gasteiger partial charge on any atom is 0.328 e. The fourth-order valence-corrected chi connectivity index (χ4v) is 5.27. The van der Waals surface area contributed by atoms with Crippen molar-refractivity contribution in [2.24, 2.45) is 11.1 Å². The molecule has 0 atom stereocenters. The molecule has 9 heteroatoms. The van der Waals surface area contributed by atoms with E-state index in [0.29, 0.717) is 44.7 Å². The highest BCUT2D eigenvalue weighted by atomic mass is 16.3. The second-order valence-electron chi connectivity index (χ2n) is 9.96. The van der Waals surface area contributed by atoms with Crippen molar-refractivity contribution in [1.82, 2.24) is 10.2 Å². The first kappa shape index (κ1) is 25.2. The van der Waals surface area contributed by atoms with Crippen molar-refractivity contribution in [3.63, 3.8) is 0 Å². The van der Waals surface area contributed by atoms with Crippen molar-refractivity contribution in [3.8, 4) is 11.5 Å². The molecular weight excluding hydrogens is 460 g/mol. The molecule has 0 unspecified atom stereocenters. The second-order valence-corrected chi connectivity index (χ2v) is 9.96. The highest BCUT2D eigenvalue weighted by Crippen LogP contribution is 2.39. The van der Waals surface area contributed by atoms with Crippen LogP contribution < -0.4 is 11.1 Å². The van der Waals surface area contributed by atoms with Crippen LogP contribution in [0.15, 0.2) is 48.5 Å². The van der Waals surface area contributed by atoms with E-state index in [9.17, 15) is 24.6 Å². The highest BCUT2D eigenvalue weighted by molar-refractivity contribution is 6.11. The van der Waals surface area contributed by atoms with Crippen LogP contribution in [0.3, 0.4) is 0 Å². The number of nitrogens with zero attached hydrogens (tertiary/aromatic N) is 2. The van der Waals surface area contributed by atoms with Gasteiger partial charge in [-0.1, -0.05) is 31.2 Å². The molecule has 2 aromatic carbocycles. The Bertz CT molecular complexity index is 1150. The normalized spacial score (nSPS) is 17.2. The van der Waals surface area contributed by atoms with Crippen molar-refractivity contribution < 1.29 is 29.2 Å². The Balaban J connectivity index is 1.38. The Hall–Kier alpha value is -3.88. The molecule has 0 aliphatic carbocycles. The predicted octanol–water partition coefficient (Wildman–Crippen LogP) is 2.08. The lowest BCUT2D eigenvalue weighted by Crippen LogP contribution is -2.67. The van der Waals surface area contributed by atoms with Crippen molar-refractivity contribution in [2.45, 2.75) is 38.5 Å². The van der Waals surface area contributed by atoms with Crippen LogP contribution in [-0.2, 0) is 15.0 Å². The van der Waals surface area contributed by atoms with Gasteiger partial charge in [0.2, 0.25) is 0 Å². The molecule has 2 aliphatic heterocycles. The molecule has 2 aromatic rings. The van der Waals surface area contributed by atoms with Gasteiger partial charge in [0.1, 0.15) is 11.5 Å². The topological polar surface area (TPSA) is 136 Å². The van der Waals surface area contributed by atoms with Gasteiger partial charge in [-0.15, -0.1) is 0 Å². The van der Waals surface area contributed by atoms with Crippen LogP contribution >= 0.6 is 0 Å². The minimum Gasteiger partial charge on any atom is -0.508 e. The summed E-state index contributed by atoms with van der Waals surface area (Å²) in [6.45, 7) is 4.69. The third kappa shape index (κ3) is 4.53. The number of hydrogen-bond donors (Lipinski definition) is 4. The third-order valence-electron chi connectivity index (χ3n) is 7.63. The molecule has 0 radical (unpaired) electrons. The summed E-state index contributed by atoms with van der Waals surface area (Å²) in [6, 6.07) is 13.8. The number of urea groups is 1. The quantitative estimate of drug-likeness (QED) is 0.436. The van der Waals surface area contributed by atoms with E-state index in [1.54, 1.807) is 29.2 Å². The summed E-state index contributed by atoms with van der Waals surface area (Å²) in [7, 11) is 0. The van der Waals surface area contributed by atoms with E-state index >= 15 is 0 Å². The van der Waals surface area contributed by atoms with Gasteiger partial charge in [0.05, 0.1) is 0 Å². The van der Waals surface area contributed by atoms with Crippen LogP contribution in [0, 0.1) is 5.41 Å². The van der Waals surface area contributed by atoms with E-state index in [1.165, 1.54) is 11.5 Å². The van der Waals surface area contributed by atoms with Crippen molar-refractivity contribution in [2.75, 3.05) is 26.2 Å². The largest absolute Gasteiger partial charge is 0.508 e. The molecule has 9 nitrogen and oxygen atoms in total. The minimum atomic E-state index is -0.761. The summed E-state index contributed by atoms with van der Waals surface area (Å²) in [6.07, 6.45) is 1.47. The van der Waals surface area contributed by atoms with Crippen LogP contribution in [0.5, 0.6) is 11.5 Å². The number of ketones is 1. The maximum atomic E-state index is 12.9. The smallest absolute Gasteiger partial charge is 0.328 e. The summed E-state index contributed by atoms with van der Waals surface area (Å²) in [5.41, 5.74) is 6.89. The van der Waals surface area contributed by atoms with Crippen molar-refractivity contribution in [1.29, 1.82) is 0 Å². The summed E-state index contributed by atoms with van der Waals surface area (Å²) in [5, 5.41) is 22.4. The first-order valence-corrected chi connectivity index (χ1v) is 12.1. The van der Waals surface area contributed by atoms with Crippen LogP contribution in [0.25, 0.3) is 0 Å². The first-order valence-electron chi connectivity index (χ1n) is 12.1. The number of aromatic hydroxyl groups is 2. The standard InChI is InChI=1S/C27H32N4O5/c1-18(32)17-31-23(28)27(24(31)35)12-15-30(16-13-27)25(36)29-14-11-26(2,19-3-7-21(33)8-4-19)20-5-9-22(34)10-6-20/h3-10,28H,11-17H2,1-2H3,(H3,29,33,34,36)/p+1. The van der Waals surface area contributed by atoms with Gasteiger partial charge in [-0.3, -0.25) is 10.5 Å². The molecule has 1 spiro atoms.